The summed E-state index contributed by atoms with van der Waals surface area (Å²) in [5.74, 6) is 2.87. The Morgan fingerprint density at radius 3 is 2.64 bits per heavy atom. The summed E-state index contributed by atoms with van der Waals surface area (Å²) in [4.78, 5) is 27.3. The second-order valence-corrected chi connectivity index (χ2v) is 6.65. The summed E-state index contributed by atoms with van der Waals surface area (Å²) in [6, 6.07) is 0. The number of hydrogen-bond acceptors (Lipinski definition) is 5. The lowest BCUT2D eigenvalue weighted by atomic mass is 9.95. The van der Waals surface area contributed by atoms with Gasteiger partial charge in [0.2, 0.25) is 5.91 Å². The van der Waals surface area contributed by atoms with E-state index in [1.54, 1.807) is 6.20 Å². The smallest absolute Gasteiger partial charge is 0.237 e. The van der Waals surface area contributed by atoms with Crippen LogP contribution in [0, 0.1) is 13.8 Å². The monoisotopic (exact) mass is 342 g/mol. The number of rotatable bonds is 5. The van der Waals surface area contributed by atoms with Crippen LogP contribution in [-0.2, 0) is 17.8 Å². The molecule has 7 heteroatoms. The molecule has 1 saturated heterocycles. The molecule has 0 aromatic carbocycles. The van der Waals surface area contributed by atoms with E-state index in [0.29, 0.717) is 5.92 Å². The third-order valence-electron chi connectivity index (χ3n) is 4.89. The molecule has 0 spiro atoms. The number of nitrogens with two attached hydrogens (primary N) is 1. The predicted molar refractivity (Wildman–Crippen MR) is 96.5 cm³/mol. The van der Waals surface area contributed by atoms with Gasteiger partial charge in [0.1, 0.15) is 24.0 Å². The molecule has 2 aromatic heterocycles. The van der Waals surface area contributed by atoms with Gasteiger partial charge in [0, 0.05) is 42.7 Å². The first kappa shape index (κ1) is 17.4. The van der Waals surface area contributed by atoms with Crippen LogP contribution < -0.4 is 10.6 Å². The van der Waals surface area contributed by atoms with E-state index in [9.17, 15) is 4.79 Å². The van der Waals surface area contributed by atoms with Gasteiger partial charge in [-0.15, -0.1) is 0 Å². The second kappa shape index (κ2) is 7.21. The van der Waals surface area contributed by atoms with Crippen LogP contribution in [0.5, 0.6) is 0 Å². The first-order valence-corrected chi connectivity index (χ1v) is 8.88. The molecule has 0 bridgehead atoms. The van der Waals surface area contributed by atoms with Gasteiger partial charge in [-0.1, -0.05) is 6.92 Å². The molecule has 3 heterocycles. The summed E-state index contributed by atoms with van der Waals surface area (Å²) in [6.45, 7) is 8.21. The van der Waals surface area contributed by atoms with E-state index in [-0.39, 0.29) is 12.5 Å². The molecular formula is C18H26N6O. The van der Waals surface area contributed by atoms with Crippen molar-refractivity contribution in [1.82, 2.24) is 19.5 Å². The van der Waals surface area contributed by atoms with Gasteiger partial charge < -0.3 is 15.2 Å². The van der Waals surface area contributed by atoms with Crippen molar-refractivity contribution < 1.29 is 4.79 Å². The second-order valence-electron chi connectivity index (χ2n) is 6.65. The van der Waals surface area contributed by atoms with E-state index in [1.165, 1.54) is 5.56 Å². The Labute approximate surface area is 148 Å². The molecule has 2 N–H and O–H groups in total. The molecule has 0 radical (unpaired) electrons. The molecule has 2 aromatic rings. The normalized spacial score (nSPS) is 15.6. The summed E-state index contributed by atoms with van der Waals surface area (Å²) in [5.41, 5.74) is 7.64. The number of hydrogen-bond donors (Lipinski definition) is 1. The Kier molecular flexibility index (Phi) is 5.01. The molecule has 1 fully saturated rings. The molecule has 0 saturated carbocycles. The molecule has 1 aliphatic rings. The summed E-state index contributed by atoms with van der Waals surface area (Å²) in [7, 11) is 0. The van der Waals surface area contributed by atoms with Gasteiger partial charge in [-0.3, -0.25) is 4.79 Å². The SMILES string of the molecule is CCc1c(C)nc(C)nc1N1CCC(c2nccn2CC(N)=O)CC1. The maximum atomic E-state index is 11.2. The minimum Gasteiger partial charge on any atom is -0.368 e. The number of nitrogens with zero attached hydrogens (tertiary/aromatic N) is 5. The van der Waals surface area contributed by atoms with E-state index < -0.39 is 0 Å². The lowest BCUT2D eigenvalue weighted by molar-refractivity contribution is -0.118. The van der Waals surface area contributed by atoms with Crippen molar-refractivity contribution in [3.63, 3.8) is 0 Å². The molecule has 1 aliphatic heterocycles. The first-order valence-electron chi connectivity index (χ1n) is 8.88. The van der Waals surface area contributed by atoms with Gasteiger partial charge in [0.15, 0.2) is 0 Å². The lowest BCUT2D eigenvalue weighted by Gasteiger charge is -2.34. The fourth-order valence-corrected chi connectivity index (χ4v) is 3.72. The average Bonchev–Trinajstić information content (AvgIpc) is 3.01. The number of carbonyl (C=O) groups excluding carboxylic acids is 1. The van der Waals surface area contributed by atoms with Crippen LogP contribution in [0.15, 0.2) is 12.4 Å². The highest BCUT2D eigenvalue weighted by atomic mass is 16.1. The highest BCUT2D eigenvalue weighted by molar-refractivity contribution is 5.73. The number of aryl methyl sites for hydroxylation is 2. The van der Waals surface area contributed by atoms with Crippen molar-refractivity contribution in [3.05, 3.63) is 35.3 Å². The van der Waals surface area contributed by atoms with Gasteiger partial charge in [0.25, 0.3) is 0 Å². The van der Waals surface area contributed by atoms with Crippen molar-refractivity contribution in [3.8, 4) is 0 Å². The Bertz CT molecular complexity index is 761. The third kappa shape index (κ3) is 3.65. The highest BCUT2D eigenvalue weighted by Crippen LogP contribution is 2.31. The minimum absolute atomic E-state index is 0.194. The van der Waals surface area contributed by atoms with Gasteiger partial charge in [-0.2, -0.15) is 0 Å². The summed E-state index contributed by atoms with van der Waals surface area (Å²) in [5, 5.41) is 0. The van der Waals surface area contributed by atoms with E-state index in [4.69, 9.17) is 10.7 Å². The largest absolute Gasteiger partial charge is 0.368 e. The molecule has 25 heavy (non-hydrogen) atoms. The summed E-state index contributed by atoms with van der Waals surface area (Å²) >= 11 is 0. The molecular weight excluding hydrogens is 316 g/mol. The summed E-state index contributed by atoms with van der Waals surface area (Å²) in [6.07, 6.45) is 6.49. The van der Waals surface area contributed by atoms with Gasteiger partial charge >= 0.3 is 0 Å². The van der Waals surface area contributed by atoms with E-state index in [0.717, 1.165) is 55.5 Å². The number of carbonyl (C=O) groups is 1. The standard InChI is InChI=1S/C18H26N6O/c1-4-15-12(2)21-13(3)22-18(15)23-8-5-14(6-9-23)17-20-7-10-24(17)11-16(19)25/h7,10,14H,4-6,8-9,11H2,1-3H3,(H2,19,25). The zero-order chi connectivity index (χ0) is 18.0. The fourth-order valence-electron chi connectivity index (χ4n) is 3.72. The van der Waals surface area contributed by atoms with E-state index in [1.807, 2.05) is 17.7 Å². The molecule has 1 amide bonds. The first-order chi connectivity index (χ1) is 12.0. The van der Waals surface area contributed by atoms with Crippen molar-refractivity contribution >= 4 is 11.7 Å². The van der Waals surface area contributed by atoms with Gasteiger partial charge in [-0.25, -0.2) is 15.0 Å². The topological polar surface area (TPSA) is 89.9 Å². The van der Waals surface area contributed by atoms with E-state index >= 15 is 0 Å². The third-order valence-corrected chi connectivity index (χ3v) is 4.89. The van der Waals surface area contributed by atoms with Gasteiger partial charge in [0.05, 0.1) is 0 Å². The Morgan fingerprint density at radius 1 is 1.28 bits per heavy atom. The maximum Gasteiger partial charge on any atom is 0.237 e. The number of primary amides is 1. The van der Waals surface area contributed by atoms with Crippen LogP contribution in [-0.4, -0.2) is 38.5 Å². The zero-order valence-electron chi connectivity index (χ0n) is 15.2. The lowest BCUT2D eigenvalue weighted by Crippen LogP contribution is -2.35. The zero-order valence-corrected chi connectivity index (χ0v) is 15.2. The molecule has 0 unspecified atom stereocenters. The van der Waals surface area contributed by atoms with Crippen molar-refractivity contribution in [2.24, 2.45) is 5.73 Å². The van der Waals surface area contributed by atoms with Crippen molar-refractivity contribution in [2.75, 3.05) is 18.0 Å². The average molecular weight is 342 g/mol. The highest BCUT2D eigenvalue weighted by Gasteiger charge is 2.26. The molecule has 3 rings (SSSR count). The Morgan fingerprint density at radius 2 is 2.00 bits per heavy atom. The number of imidazole rings is 1. The van der Waals surface area contributed by atoms with Crippen LogP contribution in [0.1, 0.15) is 48.6 Å². The number of aromatic nitrogens is 4. The number of piperidine rings is 1. The molecule has 7 nitrogen and oxygen atoms in total. The molecule has 0 aliphatic carbocycles. The summed E-state index contributed by atoms with van der Waals surface area (Å²) < 4.78 is 1.87. The Hall–Kier alpha value is -2.44. The fraction of sp³-hybridized carbons (Fsp3) is 0.556. The molecule has 134 valence electrons. The number of amides is 1. The maximum absolute atomic E-state index is 11.2. The quantitative estimate of drug-likeness (QED) is 0.893. The van der Waals surface area contributed by atoms with Crippen LogP contribution >= 0.6 is 0 Å². The van der Waals surface area contributed by atoms with Gasteiger partial charge in [-0.05, 0) is 33.1 Å². The Balaban J connectivity index is 1.75. The minimum atomic E-state index is -0.337. The van der Waals surface area contributed by atoms with Crippen LogP contribution in [0.3, 0.4) is 0 Å². The van der Waals surface area contributed by atoms with Crippen molar-refractivity contribution in [1.29, 1.82) is 0 Å². The predicted octanol–water partition coefficient (Wildman–Crippen LogP) is 1.72. The molecule has 0 atom stereocenters. The van der Waals surface area contributed by atoms with Crippen LogP contribution in [0.25, 0.3) is 0 Å². The van der Waals surface area contributed by atoms with Crippen LogP contribution in [0.2, 0.25) is 0 Å². The number of anilines is 1. The van der Waals surface area contributed by atoms with E-state index in [2.05, 4.69) is 28.7 Å². The van der Waals surface area contributed by atoms with Crippen molar-refractivity contribution in [2.45, 2.75) is 52.5 Å². The van der Waals surface area contributed by atoms with Crippen LogP contribution in [0.4, 0.5) is 5.82 Å².